The van der Waals surface area contributed by atoms with Crippen molar-refractivity contribution in [3.8, 4) is 11.5 Å². The lowest BCUT2D eigenvalue weighted by atomic mass is 10.1. The molecule has 1 aliphatic rings. The Morgan fingerprint density at radius 3 is 2.66 bits per heavy atom. The Hall–Kier alpha value is -3.62. The van der Waals surface area contributed by atoms with Gasteiger partial charge in [-0.25, -0.2) is 5.43 Å². The summed E-state index contributed by atoms with van der Waals surface area (Å²) < 4.78 is 10.6. The van der Waals surface area contributed by atoms with Gasteiger partial charge in [0.1, 0.15) is 5.69 Å². The monoisotopic (exact) mass is 398 g/mol. The van der Waals surface area contributed by atoms with E-state index in [2.05, 4.69) is 10.5 Å². The predicted octanol–water partition coefficient (Wildman–Crippen LogP) is 2.73. The van der Waals surface area contributed by atoms with Crippen LogP contribution in [0, 0.1) is 10.1 Å². The van der Waals surface area contributed by atoms with E-state index >= 15 is 0 Å². The summed E-state index contributed by atoms with van der Waals surface area (Å²) in [5.41, 5.74) is 3.50. The topological polar surface area (TPSA) is 106 Å². The molecule has 0 aliphatic carbocycles. The van der Waals surface area contributed by atoms with Crippen LogP contribution in [0.3, 0.4) is 0 Å². The molecule has 1 saturated heterocycles. The van der Waals surface area contributed by atoms with Gasteiger partial charge >= 0.3 is 0 Å². The molecule has 1 N–H and O–H groups in total. The van der Waals surface area contributed by atoms with Gasteiger partial charge in [0.2, 0.25) is 0 Å². The second-order valence-electron chi connectivity index (χ2n) is 6.43. The van der Waals surface area contributed by atoms with Gasteiger partial charge in [-0.3, -0.25) is 14.9 Å². The summed E-state index contributed by atoms with van der Waals surface area (Å²) in [7, 11) is 1.51. The quantitative estimate of drug-likeness (QED) is 0.416. The molecule has 2 aromatic rings. The summed E-state index contributed by atoms with van der Waals surface area (Å²) >= 11 is 0. The summed E-state index contributed by atoms with van der Waals surface area (Å²) in [6, 6.07) is 11.9. The van der Waals surface area contributed by atoms with Crippen molar-refractivity contribution in [3.05, 3.63) is 58.1 Å². The number of carbonyl (C=O) groups excluding carboxylic acids is 1. The Morgan fingerprint density at radius 2 is 1.97 bits per heavy atom. The minimum Gasteiger partial charge on any atom is -0.493 e. The molecule has 3 rings (SSSR count). The van der Waals surface area contributed by atoms with Gasteiger partial charge in [0.05, 0.1) is 18.2 Å². The molecule has 0 unspecified atom stereocenters. The van der Waals surface area contributed by atoms with Gasteiger partial charge in [0, 0.05) is 24.7 Å². The number of methoxy groups -OCH3 is 1. The van der Waals surface area contributed by atoms with E-state index in [1.165, 1.54) is 19.4 Å². The Morgan fingerprint density at radius 1 is 1.24 bits per heavy atom. The molecule has 0 spiro atoms. The maximum absolute atomic E-state index is 11.9. The van der Waals surface area contributed by atoms with E-state index in [4.69, 9.17) is 9.47 Å². The minimum atomic E-state index is -0.463. The maximum Gasteiger partial charge on any atom is 0.293 e. The molecule has 152 valence electrons. The molecule has 0 radical (unpaired) electrons. The van der Waals surface area contributed by atoms with Crippen LogP contribution in [0.25, 0.3) is 0 Å². The summed E-state index contributed by atoms with van der Waals surface area (Å²) in [4.78, 5) is 24.9. The van der Waals surface area contributed by atoms with Crippen LogP contribution in [0.1, 0.15) is 18.4 Å². The van der Waals surface area contributed by atoms with Crippen LogP contribution in [0.15, 0.2) is 47.6 Å². The number of carbonyl (C=O) groups is 1. The number of amides is 1. The molecular weight excluding hydrogens is 376 g/mol. The van der Waals surface area contributed by atoms with Gasteiger partial charge in [0.25, 0.3) is 11.6 Å². The fourth-order valence-corrected chi connectivity index (χ4v) is 3.08. The fraction of sp³-hybridized carbons (Fsp3) is 0.300. The van der Waals surface area contributed by atoms with Gasteiger partial charge < -0.3 is 14.4 Å². The van der Waals surface area contributed by atoms with E-state index in [9.17, 15) is 14.9 Å². The van der Waals surface area contributed by atoms with Crippen LogP contribution in [-0.2, 0) is 4.79 Å². The van der Waals surface area contributed by atoms with Gasteiger partial charge in [-0.15, -0.1) is 0 Å². The molecule has 29 heavy (non-hydrogen) atoms. The molecule has 1 fully saturated rings. The van der Waals surface area contributed by atoms with Crippen molar-refractivity contribution in [1.29, 1.82) is 0 Å². The number of nitrogens with one attached hydrogen (secondary N) is 1. The number of para-hydroxylation sites is 2. The lowest BCUT2D eigenvalue weighted by Crippen LogP contribution is -2.24. The van der Waals surface area contributed by atoms with Gasteiger partial charge in [-0.1, -0.05) is 18.2 Å². The molecule has 0 atom stereocenters. The highest BCUT2D eigenvalue weighted by Crippen LogP contribution is 2.31. The van der Waals surface area contributed by atoms with E-state index in [1.807, 2.05) is 4.90 Å². The second kappa shape index (κ2) is 9.54. The number of nitrogens with zero attached hydrogens (tertiary/aromatic N) is 3. The molecule has 0 bridgehead atoms. The normalized spacial score (nSPS) is 13.5. The molecule has 1 amide bonds. The third-order valence-electron chi connectivity index (χ3n) is 4.47. The first-order valence-corrected chi connectivity index (χ1v) is 9.19. The van der Waals surface area contributed by atoms with E-state index in [0.29, 0.717) is 22.7 Å². The Balaban J connectivity index is 1.58. The molecule has 0 aromatic heterocycles. The predicted molar refractivity (Wildman–Crippen MR) is 109 cm³/mol. The van der Waals surface area contributed by atoms with Crippen LogP contribution >= 0.6 is 0 Å². The Kier molecular flexibility index (Phi) is 6.62. The zero-order chi connectivity index (χ0) is 20.6. The summed E-state index contributed by atoms with van der Waals surface area (Å²) in [5.74, 6) is 0.506. The first-order valence-electron chi connectivity index (χ1n) is 9.19. The third kappa shape index (κ3) is 5.22. The molecule has 1 aliphatic heterocycles. The lowest BCUT2D eigenvalue weighted by Gasteiger charge is -2.17. The van der Waals surface area contributed by atoms with Crippen molar-refractivity contribution < 1.29 is 19.2 Å². The molecule has 9 nitrogen and oxygen atoms in total. The third-order valence-corrected chi connectivity index (χ3v) is 4.47. The standard InChI is InChI=1S/C20H22N4O5/c1-28-18-6-2-3-7-19(18)29-14-20(25)22-21-13-15-8-9-16(17(12-15)24(26)27)23-10-4-5-11-23/h2-3,6-9,12-13H,4-5,10-11,14H2,1H3,(H,22,25)/b21-13+. The zero-order valence-electron chi connectivity index (χ0n) is 16.0. The summed E-state index contributed by atoms with van der Waals surface area (Å²) in [6.07, 6.45) is 3.43. The number of ether oxygens (including phenoxy) is 2. The average molecular weight is 398 g/mol. The second-order valence-corrected chi connectivity index (χ2v) is 6.43. The largest absolute Gasteiger partial charge is 0.493 e. The zero-order valence-corrected chi connectivity index (χ0v) is 16.0. The van der Waals surface area contributed by atoms with Gasteiger partial charge in [-0.2, -0.15) is 5.10 Å². The van der Waals surface area contributed by atoms with E-state index < -0.39 is 10.8 Å². The summed E-state index contributed by atoms with van der Waals surface area (Å²) in [6.45, 7) is 1.39. The Labute approximate surface area is 168 Å². The first-order chi connectivity index (χ1) is 14.1. The van der Waals surface area contributed by atoms with Crippen molar-refractivity contribution in [1.82, 2.24) is 5.43 Å². The van der Waals surface area contributed by atoms with E-state index in [0.717, 1.165) is 25.9 Å². The van der Waals surface area contributed by atoms with Crippen LogP contribution in [0.4, 0.5) is 11.4 Å². The highest BCUT2D eigenvalue weighted by Gasteiger charge is 2.22. The van der Waals surface area contributed by atoms with Gasteiger partial charge in [-0.05, 0) is 31.0 Å². The highest BCUT2D eigenvalue weighted by molar-refractivity contribution is 5.85. The molecular formula is C20H22N4O5. The molecule has 0 saturated carbocycles. The van der Waals surface area contributed by atoms with E-state index in [1.54, 1.807) is 36.4 Å². The highest BCUT2D eigenvalue weighted by atomic mass is 16.6. The van der Waals surface area contributed by atoms with E-state index in [-0.39, 0.29) is 12.3 Å². The smallest absolute Gasteiger partial charge is 0.293 e. The fourth-order valence-electron chi connectivity index (χ4n) is 3.08. The van der Waals surface area contributed by atoms with Crippen LogP contribution < -0.4 is 19.8 Å². The Bertz CT molecular complexity index is 909. The molecule has 2 aromatic carbocycles. The maximum atomic E-state index is 11.9. The number of hydrogen-bond donors (Lipinski definition) is 1. The molecule has 9 heteroatoms. The number of hydrogen-bond acceptors (Lipinski definition) is 7. The number of nitro benzene ring substituents is 1. The van der Waals surface area contributed by atoms with Crippen molar-refractivity contribution >= 4 is 23.5 Å². The number of nitro groups is 1. The number of benzene rings is 2. The van der Waals surface area contributed by atoms with Crippen LogP contribution in [0.5, 0.6) is 11.5 Å². The van der Waals surface area contributed by atoms with Crippen molar-refractivity contribution in [2.75, 3.05) is 31.7 Å². The van der Waals surface area contributed by atoms with Crippen LogP contribution in [0.2, 0.25) is 0 Å². The number of rotatable bonds is 8. The SMILES string of the molecule is COc1ccccc1OCC(=O)N/N=C/c1ccc(N2CCCC2)c([N+](=O)[O-])c1. The van der Waals surface area contributed by atoms with Crippen molar-refractivity contribution in [2.24, 2.45) is 5.10 Å². The van der Waals surface area contributed by atoms with Gasteiger partial charge in [0.15, 0.2) is 18.1 Å². The summed E-state index contributed by atoms with van der Waals surface area (Å²) in [5, 5.41) is 15.3. The minimum absolute atomic E-state index is 0.0293. The number of hydrazone groups is 1. The van der Waals surface area contributed by atoms with Crippen LogP contribution in [-0.4, -0.2) is 43.9 Å². The van der Waals surface area contributed by atoms with Crippen molar-refractivity contribution in [3.63, 3.8) is 0 Å². The number of anilines is 1. The molecule has 1 heterocycles. The van der Waals surface area contributed by atoms with Crippen molar-refractivity contribution in [2.45, 2.75) is 12.8 Å². The average Bonchev–Trinajstić information content (AvgIpc) is 3.27. The lowest BCUT2D eigenvalue weighted by molar-refractivity contribution is -0.384. The first kappa shape index (κ1) is 20.1.